The summed E-state index contributed by atoms with van der Waals surface area (Å²) in [6, 6.07) is 2.31. The molecule has 0 aliphatic rings. The molecule has 0 fully saturated rings. The number of amides is 1. The molecule has 0 bridgehead atoms. The number of carbonyl (C=O) groups excluding carboxylic acids is 1. The Balaban J connectivity index is 3.36. The van der Waals surface area contributed by atoms with Gasteiger partial charge in [-0.1, -0.05) is 0 Å². The van der Waals surface area contributed by atoms with Gasteiger partial charge < -0.3 is 24.6 Å². The van der Waals surface area contributed by atoms with Crippen LogP contribution in [0.4, 0.5) is 5.69 Å². The Bertz CT molecular complexity index is 541. The maximum Gasteiger partial charge on any atom is 0.286 e. The smallest absolute Gasteiger partial charge is 0.286 e. The third-order valence-electron chi connectivity index (χ3n) is 2.96. The Morgan fingerprint density at radius 2 is 1.68 bits per heavy atom. The van der Waals surface area contributed by atoms with Crippen molar-refractivity contribution in [1.82, 2.24) is 4.90 Å². The van der Waals surface area contributed by atoms with Crippen molar-refractivity contribution in [1.29, 1.82) is 0 Å². The van der Waals surface area contributed by atoms with Crippen LogP contribution in [-0.2, 0) is 0 Å². The first-order valence-corrected chi connectivity index (χ1v) is 6.41. The number of hydrogen-bond acceptors (Lipinski definition) is 7. The zero-order valence-electron chi connectivity index (χ0n) is 12.3. The first-order chi connectivity index (χ1) is 10.5. The second kappa shape index (κ2) is 8.15. The molecule has 0 unspecified atom stereocenters. The van der Waals surface area contributed by atoms with Crippen molar-refractivity contribution in [3.63, 3.8) is 0 Å². The van der Waals surface area contributed by atoms with Gasteiger partial charge in [-0.3, -0.25) is 14.9 Å². The van der Waals surface area contributed by atoms with Gasteiger partial charge in [-0.25, -0.2) is 0 Å². The van der Waals surface area contributed by atoms with Gasteiger partial charge in [0.05, 0.1) is 38.4 Å². The molecule has 0 aromatic heterocycles. The van der Waals surface area contributed by atoms with E-state index >= 15 is 0 Å². The second-order valence-electron chi connectivity index (χ2n) is 4.22. The van der Waals surface area contributed by atoms with E-state index in [1.165, 1.54) is 20.3 Å². The van der Waals surface area contributed by atoms with E-state index in [2.05, 4.69) is 0 Å². The largest absolute Gasteiger partial charge is 0.493 e. The molecule has 2 N–H and O–H groups in total. The second-order valence-corrected chi connectivity index (χ2v) is 4.22. The van der Waals surface area contributed by atoms with Crippen molar-refractivity contribution in [2.75, 3.05) is 40.5 Å². The first kappa shape index (κ1) is 17.7. The van der Waals surface area contributed by atoms with Crippen molar-refractivity contribution >= 4 is 11.6 Å². The molecule has 9 heteroatoms. The molecule has 0 heterocycles. The summed E-state index contributed by atoms with van der Waals surface area (Å²) in [6.45, 7) is -0.755. The average molecular weight is 314 g/mol. The number of aliphatic hydroxyl groups is 2. The van der Waals surface area contributed by atoms with Crippen molar-refractivity contribution in [3.05, 3.63) is 27.8 Å². The number of hydrogen-bond donors (Lipinski definition) is 2. The van der Waals surface area contributed by atoms with Crippen LogP contribution in [0, 0.1) is 10.1 Å². The lowest BCUT2D eigenvalue weighted by molar-refractivity contribution is -0.385. The fourth-order valence-corrected chi connectivity index (χ4v) is 1.92. The predicted molar refractivity (Wildman–Crippen MR) is 76.3 cm³/mol. The molecule has 0 spiro atoms. The SMILES string of the molecule is COc1cc(C(=O)N(CCO)CCO)c([N+](=O)[O-])cc1OC. The zero-order valence-corrected chi connectivity index (χ0v) is 12.3. The number of carbonyl (C=O) groups is 1. The summed E-state index contributed by atoms with van der Waals surface area (Å²) in [5.74, 6) is -0.387. The van der Waals surface area contributed by atoms with Crippen LogP contribution >= 0.6 is 0 Å². The van der Waals surface area contributed by atoms with Crippen molar-refractivity contribution < 1.29 is 29.4 Å². The molecule has 1 aromatic rings. The van der Waals surface area contributed by atoms with Gasteiger partial charge in [-0.2, -0.15) is 0 Å². The number of rotatable bonds is 8. The summed E-state index contributed by atoms with van der Waals surface area (Å²) >= 11 is 0. The molecule has 1 rings (SSSR count). The van der Waals surface area contributed by atoms with E-state index in [4.69, 9.17) is 19.7 Å². The predicted octanol–water partition coefficient (Wildman–Crippen LogP) is 0.0388. The van der Waals surface area contributed by atoms with Crippen molar-refractivity contribution in [2.45, 2.75) is 0 Å². The molecule has 0 saturated heterocycles. The van der Waals surface area contributed by atoms with E-state index in [0.717, 1.165) is 11.0 Å². The summed E-state index contributed by atoms with van der Waals surface area (Å²) in [4.78, 5) is 24.0. The van der Waals surface area contributed by atoms with Crippen LogP contribution in [0.1, 0.15) is 10.4 Å². The number of nitro benzene ring substituents is 1. The maximum absolute atomic E-state index is 12.4. The van der Waals surface area contributed by atoms with Crippen LogP contribution in [0.3, 0.4) is 0 Å². The van der Waals surface area contributed by atoms with Gasteiger partial charge in [-0.05, 0) is 0 Å². The van der Waals surface area contributed by atoms with Gasteiger partial charge in [-0.15, -0.1) is 0 Å². The highest BCUT2D eigenvalue weighted by Crippen LogP contribution is 2.35. The topological polar surface area (TPSA) is 122 Å². The standard InChI is InChI=1S/C13H18N2O7/c1-21-11-7-9(10(15(19)20)8-12(11)22-2)13(18)14(3-5-16)4-6-17/h7-8,16-17H,3-6H2,1-2H3. The fourth-order valence-electron chi connectivity index (χ4n) is 1.92. The number of nitro groups is 1. The minimum atomic E-state index is -0.703. The molecule has 0 atom stereocenters. The van der Waals surface area contributed by atoms with E-state index in [9.17, 15) is 14.9 Å². The normalized spacial score (nSPS) is 10.2. The number of benzene rings is 1. The molecule has 9 nitrogen and oxygen atoms in total. The highest BCUT2D eigenvalue weighted by Gasteiger charge is 2.27. The van der Waals surface area contributed by atoms with Gasteiger partial charge >= 0.3 is 0 Å². The van der Waals surface area contributed by atoms with Crippen LogP contribution < -0.4 is 9.47 Å². The van der Waals surface area contributed by atoms with Crippen molar-refractivity contribution in [2.24, 2.45) is 0 Å². The van der Waals surface area contributed by atoms with Gasteiger partial charge in [0.25, 0.3) is 11.6 Å². The number of nitrogens with zero attached hydrogens (tertiary/aromatic N) is 2. The first-order valence-electron chi connectivity index (χ1n) is 6.41. The van der Waals surface area contributed by atoms with Gasteiger partial charge in [0, 0.05) is 19.2 Å². The highest BCUT2D eigenvalue weighted by molar-refractivity contribution is 5.99. The molecule has 1 aromatic carbocycles. The molecule has 0 aliphatic heterocycles. The summed E-state index contributed by atoms with van der Waals surface area (Å²) in [7, 11) is 2.67. The number of ether oxygens (including phenoxy) is 2. The van der Waals surface area contributed by atoms with E-state index < -0.39 is 16.5 Å². The van der Waals surface area contributed by atoms with E-state index in [0.29, 0.717) is 0 Å². The minimum Gasteiger partial charge on any atom is -0.493 e. The van der Waals surface area contributed by atoms with Crippen LogP contribution in [-0.4, -0.2) is 66.5 Å². The lowest BCUT2D eigenvalue weighted by Crippen LogP contribution is -2.36. The maximum atomic E-state index is 12.4. The summed E-state index contributed by atoms with van der Waals surface area (Å²) < 4.78 is 10.0. The van der Waals surface area contributed by atoms with E-state index in [1.54, 1.807) is 0 Å². The summed E-state index contributed by atoms with van der Waals surface area (Å²) in [5, 5.41) is 29.1. The monoisotopic (exact) mass is 314 g/mol. The molecule has 0 saturated carbocycles. The fraction of sp³-hybridized carbons (Fsp3) is 0.462. The lowest BCUT2D eigenvalue weighted by Gasteiger charge is -2.21. The molecule has 1 amide bonds. The van der Waals surface area contributed by atoms with Gasteiger partial charge in [0.15, 0.2) is 11.5 Å². The Morgan fingerprint density at radius 1 is 1.18 bits per heavy atom. The third-order valence-corrected chi connectivity index (χ3v) is 2.96. The molecular weight excluding hydrogens is 296 g/mol. The van der Waals surface area contributed by atoms with Crippen LogP contribution in [0.25, 0.3) is 0 Å². The van der Waals surface area contributed by atoms with E-state index in [-0.39, 0.29) is 43.4 Å². The van der Waals surface area contributed by atoms with Crippen LogP contribution in [0.5, 0.6) is 11.5 Å². The minimum absolute atomic E-state index is 0.0507. The lowest BCUT2D eigenvalue weighted by atomic mass is 10.1. The third kappa shape index (κ3) is 3.83. The Hall–Kier alpha value is -2.39. The molecule has 0 aliphatic carbocycles. The summed E-state index contributed by atoms with van der Waals surface area (Å²) in [6.07, 6.45) is 0. The van der Waals surface area contributed by atoms with Crippen LogP contribution in [0.15, 0.2) is 12.1 Å². The average Bonchev–Trinajstić information content (AvgIpc) is 2.52. The molecule has 22 heavy (non-hydrogen) atoms. The Morgan fingerprint density at radius 3 is 2.09 bits per heavy atom. The summed E-state index contributed by atoms with van der Waals surface area (Å²) in [5.41, 5.74) is -0.645. The van der Waals surface area contributed by atoms with E-state index in [1.807, 2.05) is 0 Å². The highest BCUT2D eigenvalue weighted by atomic mass is 16.6. The quantitative estimate of drug-likeness (QED) is 0.513. The van der Waals surface area contributed by atoms with Crippen LogP contribution in [0.2, 0.25) is 0 Å². The Kier molecular flexibility index (Phi) is 6.54. The molecule has 122 valence electrons. The molecule has 0 radical (unpaired) electrons. The number of methoxy groups -OCH3 is 2. The van der Waals surface area contributed by atoms with Gasteiger partial charge in [0.2, 0.25) is 0 Å². The molecular formula is C13H18N2O7. The Labute approximate surface area is 126 Å². The number of aliphatic hydroxyl groups excluding tert-OH is 2. The van der Waals surface area contributed by atoms with Crippen molar-refractivity contribution in [3.8, 4) is 11.5 Å². The van der Waals surface area contributed by atoms with Gasteiger partial charge in [0.1, 0.15) is 5.56 Å². The zero-order chi connectivity index (χ0) is 16.7.